The van der Waals surface area contributed by atoms with Gasteiger partial charge in [-0.3, -0.25) is 9.36 Å². The van der Waals surface area contributed by atoms with Crippen molar-refractivity contribution in [3.05, 3.63) is 77.3 Å². The van der Waals surface area contributed by atoms with Gasteiger partial charge in [0.2, 0.25) is 0 Å². The summed E-state index contributed by atoms with van der Waals surface area (Å²) < 4.78 is 24.1. The maximum absolute atomic E-state index is 13.5. The van der Waals surface area contributed by atoms with Gasteiger partial charge in [0.25, 0.3) is 5.56 Å². The molecule has 1 aromatic carbocycles. The SMILES string of the molecule is CCOC(=O)C1=C(C)N=c2sc(=Cc3ccc(Br)o3)c(=O)n2[C@@H]1c1ccc(OC)c(OC)c1. The van der Waals surface area contributed by atoms with Crippen molar-refractivity contribution in [2.45, 2.75) is 19.9 Å². The zero-order valence-electron chi connectivity index (χ0n) is 18.4. The number of carbonyl (C=O) groups is 1. The fourth-order valence-corrected chi connectivity index (χ4v) is 5.01. The Hall–Kier alpha value is -3.11. The van der Waals surface area contributed by atoms with Crippen LogP contribution >= 0.6 is 27.3 Å². The van der Waals surface area contributed by atoms with Crippen molar-refractivity contribution >= 4 is 39.3 Å². The van der Waals surface area contributed by atoms with Crippen LogP contribution < -0.4 is 24.4 Å². The third-order valence-corrected chi connectivity index (χ3v) is 6.52. The number of esters is 1. The molecule has 0 fully saturated rings. The van der Waals surface area contributed by atoms with Gasteiger partial charge in [0.05, 0.1) is 42.7 Å². The van der Waals surface area contributed by atoms with E-state index in [0.29, 0.717) is 48.1 Å². The highest BCUT2D eigenvalue weighted by atomic mass is 79.9. The number of allylic oxidation sites excluding steroid dienone is 1. The molecule has 3 aromatic rings. The highest BCUT2D eigenvalue weighted by Gasteiger charge is 2.33. The highest BCUT2D eigenvalue weighted by molar-refractivity contribution is 9.10. The van der Waals surface area contributed by atoms with Crippen LogP contribution in [0.3, 0.4) is 0 Å². The van der Waals surface area contributed by atoms with E-state index in [1.54, 1.807) is 57.4 Å². The van der Waals surface area contributed by atoms with E-state index in [0.717, 1.165) is 0 Å². The Labute approximate surface area is 201 Å². The van der Waals surface area contributed by atoms with Gasteiger partial charge in [-0.05, 0) is 59.6 Å². The summed E-state index contributed by atoms with van der Waals surface area (Å²) in [7, 11) is 3.07. The Bertz CT molecular complexity index is 1430. The topological polar surface area (TPSA) is 92.3 Å². The number of halogens is 1. The van der Waals surface area contributed by atoms with Crippen LogP contribution in [0.5, 0.6) is 11.5 Å². The maximum Gasteiger partial charge on any atom is 0.338 e. The number of ether oxygens (including phenoxy) is 3. The Morgan fingerprint density at radius 1 is 1.24 bits per heavy atom. The molecule has 4 rings (SSSR count). The first-order valence-corrected chi connectivity index (χ1v) is 11.7. The second kappa shape index (κ2) is 9.40. The van der Waals surface area contributed by atoms with Crippen molar-refractivity contribution in [3.8, 4) is 11.5 Å². The van der Waals surface area contributed by atoms with Crippen LogP contribution in [0.15, 0.2) is 60.5 Å². The van der Waals surface area contributed by atoms with Gasteiger partial charge in [-0.2, -0.15) is 0 Å². The number of aromatic nitrogens is 1. The van der Waals surface area contributed by atoms with Crippen molar-refractivity contribution < 1.29 is 23.4 Å². The third-order valence-electron chi connectivity index (χ3n) is 5.11. The van der Waals surface area contributed by atoms with E-state index in [9.17, 15) is 9.59 Å². The molecule has 1 atom stereocenters. The van der Waals surface area contributed by atoms with Gasteiger partial charge in [0.1, 0.15) is 5.76 Å². The Kier molecular flexibility index (Phi) is 6.57. The summed E-state index contributed by atoms with van der Waals surface area (Å²) in [6.07, 6.45) is 1.66. The predicted molar refractivity (Wildman–Crippen MR) is 126 cm³/mol. The molecule has 3 heterocycles. The van der Waals surface area contributed by atoms with Gasteiger partial charge < -0.3 is 18.6 Å². The van der Waals surface area contributed by atoms with E-state index in [2.05, 4.69) is 20.9 Å². The largest absolute Gasteiger partial charge is 0.493 e. The summed E-state index contributed by atoms with van der Waals surface area (Å²) in [6.45, 7) is 3.67. The third kappa shape index (κ3) is 4.28. The van der Waals surface area contributed by atoms with Gasteiger partial charge >= 0.3 is 5.97 Å². The molecule has 0 spiro atoms. The number of thiazole rings is 1. The molecule has 0 saturated heterocycles. The lowest BCUT2D eigenvalue weighted by Crippen LogP contribution is -2.39. The van der Waals surface area contributed by atoms with Gasteiger partial charge in [0, 0.05) is 6.08 Å². The standard InChI is InChI=1S/C23H21BrN2O6S/c1-5-31-22(28)19-12(2)25-23-26(20(19)13-6-8-15(29-3)16(10-13)30-4)21(27)17(33-23)11-14-7-9-18(24)32-14/h6-11,20H,5H2,1-4H3/t20-/m1/s1. The van der Waals surface area contributed by atoms with E-state index in [1.807, 2.05) is 0 Å². The Morgan fingerprint density at radius 3 is 2.64 bits per heavy atom. The Morgan fingerprint density at radius 2 is 2.00 bits per heavy atom. The molecule has 8 nitrogen and oxygen atoms in total. The molecule has 0 unspecified atom stereocenters. The molecule has 172 valence electrons. The fourth-order valence-electron chi connectivity index (χ4n) is 3.66. The van der Waals surface area contributed by atoms with Crippen LogP contribution in [-0.2, 0) is 9.53 Å². The number of benzene rings is 1. The molecule has 0 bridgehead atoms. The van der Waals surface area contributed by atoms with E-state index in [1.165, 1.54) is 23.0 Å². The van der Waals surface area contributed by atoms with E-state index in [-0.39, 0.29) is 12.2 Å². The molecule has 10 heteroatoms. The average Bonchev–Trinajstić information content (AvgIpc) is 3.34. The quantitative estimate of drug-likeness (QED) is 0.452. The van der Waals surface area contributed by atoms with Crippen LogP contribution in [-0.4, -0.2) is 31.4 Å². The first-order valence-electron chi connectivity index (χ1n) is 10.0. The zero-order valence-corrected chi connectivity index (χ0v) is 20.8. The predicted octanol–water partition coefficient (Wildman–Crippen LogP) is 3.17. The van der Waals surface area contributed by atoms with Crippen molar-refractivity contribution in [1.29, 1.82) is 0 Å². The van der Waals surface area contributed by atoms with Crippen molar-refractivity contribution in [2.75, 3.05) is 20.8 Å². The summed E-state index contributed by atoms with van der Waals surface area (Å²) in [6, 6.07) is 8.04. The molecule has 0 amide bonds. The van der Waals surface area contributed by atoms with Crippen LogP contribution in [0.4, 0.5) is 0 Å². The molecule has 1 aliphatic rings. The lowest BCUT2D eigenvalue weighted by atomic mass is 9.95. The number of hydrogen-bond acceptors (Lipinski definition) is 8. The average molecular weight is 533 g/mol. The molecule has 0 N–H and O–H groups in total. The molecule has 33 heavy (non-hydrogen) atoms. The number of nitrogens with zero attached hydrogens (tertiary/aromatic N) is 2. The lowest BCUT2D eigenvalue weighted by Gasteiger charge is -2.25. The van der Waals surface area contributed by atoms with Crippen LogP contribution in [0.2, 0.25) is 0 Å². The minimum absolute atomic E-state index is 0.200. The zero-order chi connectivity index (χ0) is 23.7. The second-order valence-electron chi connectivity index (χ2n) is 7.06. The fraction of sp³-hybridized carbons (Fsp3) is 0.261. The van der Waals surface area contributed by atoms with E-state index >= 15 is 0 Å². The molecule has 2 aromatic heterocycles. The number of methoxy groups -OCH3 is 2. The number of rotatable bonds is 6. The normalized spacial score (nSPS) is 15.8. The lowest BCUT2D eigenvalue weighted by molar-refractivity contribution is -0.139. The molecule has 0 aliphatic carbocycles. The highest BCUT2D eigenvalue weighted by Crippen LogP contribution is 2.36. The first kappa shape index (κ1) is 23.1. The summed E-state index contributed by atoms with van der Waals surface area (Å²) in [5.41, 5.74) is 1.16. The number of carbonyl (C=O) groups excluding carboxylic acids is 1. The molecular formula is C23H21BrN2O6S. The monoisotopic (exact) mass is 532 g/mol. The van der Waals surface area contributed by atoms with E-state index < -0.39 is 12.0 Å². The van der Waals surface area contributed by atoms with Crippen LogP contribution in [0.1, 0.15) is 31.2 Å². The van der Waals surface area contributed by atoms with Crippen LogP contribution in [0, 0.1) is 0 Å². The van der Waals surface area contributed by atoms with E-state index in [4.69, 9.17) is 18.6 Å². The molecule has 0 radical (unpaired) electrons. The number of hydrogen-bond donors (Lipinski definition) is 0. The van der Waals surface area contributed by atoms with Crippen molar-refractivity contribution in [3.63, 3.8) is 0 Å². The van der Waals surface area contributed by atoms with Gasteiger partial charge in [-0.15, -0.1) is 0 Å². The summed E-state index contributed by atoms with van der Waals surface area (Å²) >= 11 is 4.49. The van der Waals surface area contributed by atoms with Crippen molar-refractivity contribution in [1.82, 2.24) is 4.57 Å². The minimum Gasteiger partial charge on any atom is -0.493 e. The number of furan rings is 1. The van der Waals surface area contributed by atoms with Gasteiger partial charge in [0.15, 0.2) is 21.0 Å². The molecule has 1 aliphatic heterocycles. The summed E-state index contributed by atoms with van der Waals surface area (Å²) in [4.78, 5) is 31.5. The minimum atomic E-state index is -0.745. The number of fused-ring (bicyclic) bond motifs is 1. The second-order valence-corrected chi connectivity index (χ2v) is 8.85. The van der Waals surface area contributed by atoms with Crippen LogP contribution in [0.25, 0.3) is 6.08 Å². The van der Waals surface area contributed by atoms with Gasteiger partial charge in [-0.1, -0.05) is 17.4 Å². The summed E-state index contributed by atoms with van der Waals surface area (Å²) in [5.74, 6) is 1.02. The van der Waals surface area contributed by atoms with Crippen molar-refractivity contribution in [2.24, 2.45) is 4.99 Å². The molecule has 0 saturated carbocycles. The smallest absolute Gasteiger partial charge is 0.338 e. The first-order chi connectivity index (χ1) is 15.9. The maximum atomic E-state index is 13.5. The Balaban J connectivity index is 1.97. The summed E-state index contributed by atoms with van der Waals surface area (Å²) in [5, 5.41) is 0. The molecular weight excluding hydrogens is 512 g/mol. The van der Waals surface area contributed by atoms with Gasteiger partial charge in [-0.25, -0.2) is 9.79 Å².